The fraction of sp³-hybridized carbons (Fsp3) is 0.409. The van der Waals surface area contributed by atoms with Crippen molar-refractivity contribution in [3.63, 3.8) is 0 Å². The van der Waals surface area contributed by atoms with Gasteiger partial charge in [-0.05, 0) is 61.3 Å². The van der Waals surface area contributed by atoms with Crippen LogP contribution in [0.25, 0.3) is 0 Å². The average molecular weight is 401 g/mol. The molecule has 0 saturated carbocycles. The Kier molecular flexibility index (Phi) is 7.30. The molecule has 2 aromatic rings. The lowest BCUT2D eigenvalue weighted by molar-refractivity contribution is 0.220. The lowest BCUT2D eigenvalue weighted by Gasteiger charge is -2.28. The zero-order valence-corrected chi connectivity index (χ0v) is 16.9. The average Bonchev–Trinajstić information content (AvgIpc) is 3.27. The van der Waals surface area contributed by atoms with Gasteiger partial charge in [-0.25, -0.2) is 9.18 Å². The van der Waals surface area contributed by atoms with Crippen molar-refractivity contribution in [1.29, 1.82) is 0 Å². The van der Waals surface area contributed by atoms with E-state index in [4.69, 9.17) is 9.47 Å². The van der Waals surface area contributed by atoms with Gasteiger partial charge in [0.2, 0.25) is 0 Å². The molecule has 0 radical (unpaired) electrons. The normalized spacial score (nSPS) is 15.0. The summed E-state index contributed by atoms with van der Waals surface area (Å²) in [4.78, 5) is 14.7. The number of carbonyl (C=O) groups is 1. The highest BCUT2D eigenvalue weighted by molar-refractivity contribution is 5.73. The number of amides is 2. The van der Waals surface area contributed by atoms with Crippen LogP contribution in [-0.2, 0) is 6.54 Å². The van der Waals surface area contributed by atoms with E-state index in [0.717, 1.165) is 37.2 Å². The monoisotopic (exact) mass is 401 g/mol. The first-order valence-corrected chi connectivity index (χ1v) is 9.83. The summed E-state index contributed by atoms with van der Waals surface area (Å²) in [7, 11) is 3.07. The number of nitrogens with zero attached hydrogens (tertiary/aromatic N) is 1. The first-order chi connectivity index (χ1) is 14.1. The lowest BCUT2D eigenvalue weighted by Crippen LogP contribution is -2.41. The molecule has 1 saturated heterocycles. The molecule has 1 heterocycles. The molecular weight excluding hydrogens is 373 g/mol. The Morgan fingerprint density at radius 3 is 2.59 bits per heavy atom. The van der Waals surface area contributed by atoms with E-state index in [1.807, 2.05) is 18.2 Å². The number of urea groups is 1. The first kappa shape index (κ1) is 20.9. The second kappa shape index (κ2) is 10.1. The summed E-state index contributed by atoms with van der Waals surface area (Å²) in [5, 5.41) is 5.73. The van der Waals surface area contributed by atoms with Crippen LogP contribution >= 0.6 is 0 Å². The SMILES string of the molecule is COc1cccc(C(CNC(=O)NCc2ccc(OC)c(F)c2)N2CCCC2)c1. The van der Waals surface area contributed by atoms with Crippen LogP contribution in [0.4, 0.5) is 9.18 Å². The molecular formula is C22H28FN3O3. The third kappa shape index (κ3) is 5.60. The zero-order valence-electron chi connectivity index (χ0n) is 16.9. The highest BCUT2D eigenvalue weighted by Crippen LogP contribution is 2.27. The fourth-order valence-corrected chi connectivity index (χ4v) is 3.61. The number of halogens is 1. The van der Waals surface area contributed by atoms with Crippen molar-refractivity contribution in [2.45, 2.75) is 25.4 Å². The molecule has 156 valence electrons. The van der Waals surface area contributed by atoms with Crippen LogP contribution in [0.15, 0.2) is 42.5 Å². The summed E-state index contributed by atoms with van der Waals surface area (Å²) < 4.78 is 24.0. The number of ether oxygens (including phenoxy) is 2. The number of hydrogen-bond acceptors (Lipinski definition) is 4. The van der Waals surface area contributed by atoms with E-state index in [1.54, 1.807) is 19.2 Å². The summed E-state index contributed by atoms with van der Waals surface area (Å²) in [6.45, 7) is 2.74. The van der Waals surface area contributed by atoms with Gasteiger partial charge < -0.3 is 20.1 Å². The number of carbonyl (C=O) groups excluding carboxylic acids is 1. The molecule has 0 aliphatic carbocycles. The predicted molar refractivity (Wildman–Crippen MR) is 110 cm³/mol. The second-order valence-corrected chi connectivity index (χ2v) is 7.07. The smallest absolute Gasteiger partial charge is 0.315 e. The Balaban J connectivity index is 1.58. The van der Waals surface area contributed by atoms with Crippen LogP contribution in [0.2, 0.25) is 0 Å². The lowest BCUT2D eigenvalue weighted by atomic mass is 10.1. The highest BCUT2D eigenvalue weighted by Gasteiger charge is 2.24. The minimum atomic E-state index is -0.445. The molecule has 1 aliphatic rings. The summed E-state index contributed by atoms with van der Waals surface area (Å²) in [5.74, 6) is 0.543. The summed E-state index contributed by atoms with van der Waals surface area (Å²) in [6.07, 6.45) is 2.32. The minimum Gasteiger partial charge on any atom is -0.497 e. The molecule has 2 aromatic carbocycles. The van der Waals surface area contributed by atoms with E-state index >= 15 is 0 Å². The van der Waals surface area contributed by atoms with Gasteiger partial charge in [0.1, 0.15) is 5.75 Å². The molecule has 2 amide bonds. The van der Waals surface area contributed by atoms with Crippen LogP contribution in [0.5, 0.6) is 11.5 Å². The molecule has 3 rings (SSSR count). The van der Waals surface area contributed by atoms with Crippen molar-refractivity contribution < 1.29 is 18.7 Å². The fourth-order valence-electron chi connectivity index (χ4n) is 3.61. The Bertz CT molecular complexity index is 825. The van der Waals surface area contributed by atoms with Gasteiger partial charge in [0.05, 0.1) is 20.3 Å². The van der Waals surface area contributed by atoms with Gasteiger partial charge >= 0.3 is 6.03 Å². The maximum absolute atomic E-state index is 13.8. The Morgan fingerprint density at radius 2 is 1.90 bits per heavy atom. The van der Waals surface area contributed by atoms with Crippen molar-refractivity contribution >= 4 is 6.03 Å². The third-order valence-corrected chi connectivity index (χ3v) is 5.19. The number of likely N-dealkylation sites (tertiary alicyclic amines) is 1. The molecule has 1 unspecified atom stereocenters. The maximum atomic E-state index is 13.8. The van der Waals surface area contributed by atoms with Gasteiger partial charge in [0, 0.05) is 13.1 Å². The van der Waals surface area contributed by atoms with Crippen LogP contribution in [-0.4, -0.2) is 44.8 Å². The molecule has 0 aromatic heterocycles. The molecule has 7 heteroatoms. The molecule has 2 N–H and O–H groups in total. The summed E-state index contributed by atoms with van der Waals surface area (Å²) in [6, 6.07) is 12.4. The predicted octanol–water partition coefficient (Wildman–Crippen LogP) is 3.48. The van der Waals surface area contributed by atoms with E-state index in [2.05, 4.69) is 21.6 Å². The van der Waals surface area contributed by atoms with Crippen molar-refractivity contribution in [3.05, 3.63) is 59.4 Å². The first-order valence-electron chi connectivity index (χ1n) is 9.83. The quantitative estimate of drug-likeness (QED) is 0.711. The van der Waals surface area contributed by atoms with Crippen LogP contribution < -0.4 is 20.1 Å². The Labute approximate surface area is 171 Å². The van der Waals surface area contributed by atoms with Gasteiger partial charge in [-0.1, -0.05) is 18.2 Å². The Hall–Kier alpha value is -2.80. The molecule has 0 bridgehead atoms. The van der Waals surface area contributed by atoms with Gasteiger partial charge in [0.15, 0.2) is 11.6 Å². The van der Waals surface area contributed by atoms with Crippen molar-refractivity contribution in [1.82, 2.24) is 15.5 Å². The molecule has 0 spiro atoms. The van der Waals surface area contributed by atoms with Gasteiger partial charge in [-0.2, -0.15) is 0 Å². The van der Waals surface area contributed by atoms with Crippen molar-refractivity contribution in [3.8, 4) is 11.5 Å². The standard InChI is InChI=1S/C22H28FN3O3/c1-28-18-7-5-6-17(13-18)20(26-10-3-4-11-26)15-25-22(27)24-14-16-8-9-21(29-2)19(23)12-16/h5-9,12-13,20H,3-4,10-11,14-15H2,1-2H3,(H2,24,25,27). The topological polar surface area (TPSA) is 62.8 Å². The largest absolute Gasteiger partial charge is 0.497 e. The van der Waals surface area contributed by atoms with E-state index < -0.39 is 5.82 Å². The number of methoxy groups -OCH3 is 2. The van der Waals surface area contributed by atoms with Gasteiger partial charge in [-0.15, -0.1) is 0 Å². The molecule has 6 nitrogen and oxygen atoms in total. The number of benzene rings is 2. The summed E-state index contributed by atoms with van der Waals surface area (Å²) >= 11 is 0. The van der Waals surface area contributed by atoms with E-state index in [9.17, 15) is 9.18 Å². The van der Waals surface area contributed by atoms with Gasteiger partial charge in [0.25, 0.3) is 0 Å². The highest BCUT2D eigenvalue weighted by atomic mass is 19.1. The van der Waals surface area contributed by atoms with Crippen LogP contribution in [0, 0.1) is 5.82 Å². The maximum Gasteiger partial charge on any atom is 0.315 e. The second-order valence-electron chi connectivity index (χ2n) is 7.07. The number of rotatable bonds is 8. The number of hydrogen-bond donors (Lipinski definition) is 2. The molecule has 29 heavy (non-hydrogen) atoms. The van der Waals surface area contributed by atoms with Crippen molar-refractivity contribution in [2.75, 3.05) is 33.9 Å². The van der Waals surface area contributed by atoms with Crippen LogP contribution in [0.1, 0.15) is 30.0 Å². The molecule has 1 aliphatic heterocycles. The van der Waals surface area contributed by atoms with Crippen LogP contribution in [0.3, 0.4) is 0 Å². The Morgan fingerprint density at radius 1 is 1.10 bits per heavy atom. The summed E-state index contributed by atoms with van der Waals surface area (Å²) in [5.41, 5.74) is 1.78. The van der Waals surface area contributed by atoms with Gasteiger partial charge in [-0.3, -0.25) is 4.90 Å². The number of nitrogens with one attached hydrogen (secondary N) is 2. The van der Waals surface area contributed by atoms with E-state index in [0.29, 0.717) is 12.1 Å². The minimum absolute atomic E-state index is 0.0804. The van der Waals surface area contributed by atoms with E-state index in [1.165, 1.54) is 13.2 Å². The zero-order chi connectivity index (χ0) is 20.6. The molecule has 1 fully saturated rings. The third-order valence-electron chi connectivity index (χ3n) is 5.19. The van der Waals surface area contributed by atoms with E-state index in [-0.39, 0.29) is 24.4 Å². The molecule has 1 atom stereocenters. The van der Waals surface area contributed by atoms with Crippen molar-refractivity contribution in [2.24, 2.45) is 0 Å².